The number of hydrogen-bond donors (Lipinski definition) is 2. The summed E-state index contributed by atoms with van der Waals surface area (Å²) in [7, 11) is 0. The number of nitrogens with one attached hydrogen (secondary N) is 1. The summed E-state index contributed by atoms with van der Waals surface area (Å²) in [5, 5.41) is 11.8. The van der Waals surface area contributed by atoms with Gasteiger partial charge in [-0.15, -0.1) is 0 Å². The second-order valence-corrected chi connectivity index (χ2v) is 5.52. The zero-order valence-electron chi connectivity index (χ0n) is 14.1. The number of amides is 1. The van der Waals surface area contributed by atoms with Crippen LogP contribution in [0.2, 0.25) is 0 Å². The highest BCUT2D eigenvalue weighted by atomic mass is 16.5. The monoisotopic (exact) mass is 323 g/mol. The first-order valence-corrected chi connectivity index (χ1v) is 7.82. The molecular weight excluding hydrogens is 298 g/mol. The van der Waals surface area contributed by atoms with Gasteiger partial charge in [0.2, 0.25) is 0 Å². The summed E-state index contributed by atoms with van der Waals surface area (Å²) in [5.41, 5.74) is 0.340. The summed E-state index contributed by atoms with van der Waals surface area (Å²) in [6.45, 7) is 8.45. The number of rotatable bonds is 9. The van der Waals surface area contributed by atoms with Crippen molar-refractivity contribution < 1.29 is 24.2 Å². The molecule has 2 N–H and O–H groups in total. The third-order valence-corrected chi connectivity index (χ3v) is 3.12. The Morgan fingerprint density at radius 3 is 2.26 bits per heavy atom. The van der Waals surface area contributed by atoms with Crippen molar-refractivity contribution in [3.63, 3.8) is 0 Å². The largest absolute Gasteiger partial charge is 0.490 e. The molecule has 1 atom stereocenters. The molecule has 0 heterocycles. The first kappa shape index (κ1) is 18.8. The van der Waals surface area contributed by atoms with Crippen LogP contribution in [0.1, 0.15) is 44.5 Å². The van der Waals surface area contributed by atoms with E-state index in [9.17, 15) is 14.7 Å². The Morgan fingerprint density at radius 2 is 1.74 bits per heavy atom. The van der Waals surface area contributed by atoms with Crippen LogP contribution in [0, 0.1) is 5.92 Å². The smallest absolute Gasteiger partial charge is 0.326 e. The highest BCUT2D eigenvalue weighted by Gasteiger charge is 2.22. The highest BCUT2D eigenvalue weighted by Crippen LogP contribution is 2.28. The Kier molecular flexibility index (Phi) is 7.38. The van der Waals surface area contributed by atoms with Crippen LogP contribution < -0.4 is 14.8 Å². The van der Waals surface area contributed by atoms with Gasteiger partial charge in [-0.25, -0.2) is 4.79 Å². The molecule has 1 aromatic carbocycles. The molecule has 6 nitrogen and oxygen atoms in total. The summed E-state index contributed by atoms with van der Waals surface area (Å²) < 4.78 is 10.9. The molecule has 0 aliphatic rings. The van der Waals surface area contributed by atoms with E-state index in [4.69, 9.17) is 9.47 Å². The van der Waals surface area contributed by atoms with E-state index < -0.39 is 17.9 Å². The molecule has 0 fully saturated rings. The van der Waals surface area contributed by atoms with Gasteiger partial charge in [0, 0.05) is 5.56 Å². The zero-order chi connectivity index (χ0) is 17.4. The van der Waals surface area contributed by atoms with Gasteiger partial charge in [0.25, 0.3) is 5.91 Å². The number of carboxylic acids is 1. The van der Waals surface area contributed by atoms with Crippen LogP contribution in [0.3, 0.4) is 0 Å². The van der Waals surface area contributed by atoms with Gasteiger partial charge in [0.05, 0.1) is 13.2 Å². The Hall–Kier alpha value is -2.24. The van der Waals surface area contributed by atoms with Crippen LogP contribution in [-0.4, -0.2) is 36.2 Å². The molecule has 0 radical (unpaired) electrons. The van der Waals surface area contributed by atoms with E-state index in [1.807, 2.05) is 27.7 Å². The number of carbonyl (C=O) groups is 2. The van der Waals surface area contributed by atoms with Crippen molar-refractivity contribution in [2.45, 2.75) is 40.2 Å². The van der Waals surface area contributed by atoms with E-state index in [0.29, 0.717) is 36.7 Å². The molecular formula is C17H25NO5. The molecule has 0 saturated heterocycles. The van der Waals surface area contributed by atoms with E-state index >= 15 is 0 Å². The van der Waals surface area contributed by atoms with Gasteiger partial charge >= 0.3 is 5.97 Å². The molecule has 23 heavy (non-hydrogen) atoms. The van der Waals surface area contributed by atoms with Crippen molar-refractivity contribution in [2.75, 3.05) is 13.2 Å². The van der Waals surface area contributed by atoms with Crippen molar-refractivity contribution in [1.29, 1.82) is 0 Å². The van der Waals surface area contributed by atoms with Gasteiger partial charge in [-0.2, -0.15) is 0 Å². The minimum atomic E-state index is -1.04. The van der Waals surface area contributed by atoms with E-state index in [1.54, 1.807) is 18.2 Å². The van der Waals surface area contributed by atoms with Crippen LogP contribution in [-0.2, 0) is 4.79 Å². The van der Waals surface area contributed by atoms with Crippen molar-refractivity contribution in [2.24, 2.45) is 5.92 Å². The number of ether oxygens (including phenoxy) is 2. The maximum Gasteiger partial charge on any atom is 0.326 e. The van der Waals surface area contributed by atoms with E-state index in [0.717, 1.165) is 0 Å². The van der Waals surface area contributed by atoms with E-state index in [2.05, 4.69) is 5.32 Å². The number of hydrogen-bond acceptors (Lipinski definition) is 4. The standard InChI is InChI=1S/C17H25NO5/c1-5-22-14-8-7-12(10-15(14)23-6-2)16(19)18-13(17(20)21)9-11(3)4/h7-8,10-11,13H,5-6,9H2,1-4H3,(H,18,19)(H,20,21)/t13-/m1/s1. The second-order valence-electron chi connectivity index (χ2n) is 5.52. The fourth-order valence-electron chi connectivity index (χ4n) is 2.13. The van der Waals surface area contributed by atoms with Crippen molar-refractivity contribution in [3.8, 4) is 11.5 Å². The third-order valence-electron chi connectivity index (χ3n) is 3.12. The molecule has 1 aromatic rings. The molecule has 128 valence electrons. The Balaban J connectivity index is 2.93. The summed E-state index contributed by atoms with van der Waals surface area (Å²) in [6, 6.07) is 3.90. The van der Waals surface area contributed by atoms with Crippen LogP contribution in [0.5, 0.6) is 11.5 Å². The zero-order valence-corrected chi connectivity index (χ0v) is 14.1. The summed E-state index contributed by atoms with van der Waals surface area (Å²) in [4.78, 5) is 23.5. The Morgan fingerprint density at radius 1 is 1.13 bits per heavy atom. The number of aliphatic carboxylic acids is 1. The van der Waals surface area contributed by atoms with Crippen LogP contribution in [0.15, 0.2) is 18.2 Å². The number of carbonyl (C=O) groups excluding carboxylic acids is 1. The van der Waals surface area contributed by atoms with E-state index in [1.165, 1.54) is 0 Å². The topological polar surface area (TPSA) is 84.9 Å². The van der Waals surface area contributed by atoms with Crippen molar-refractivity contribution in [1.82, 2.24) is 5.32 Å². The summed E-state index contributed by atoms with van der Waals surface area (Å²) in [5.74, 6) is -0.290. The van der Waals surface area contributed by atoms with Gasteiger partial charge in [-0.3, -0.25) is 4.79 Å². The summed E-state index contributed by atoms with van der Waals surface area (Å²) in [6.07, 6.45) is 0.371. The molecule has 0 aliphatic heterocycles. The third kappa shape index (κ3) is 5.81. The minimum absolute atomic E-state index is 0.163. The quantitative estimate of drug-likeness (QED) is 0.730. The Bertz CT molecular complexity index is 542. The fraction of sp³-hybridized carbons (Fsp3) is 0.529. The predicted octanol–water partition coefficient (Wildman–Crippen LogP) is 2.71. The molecule has 0 spiro atoms. The Labute approximate surface area is 136 Å². The minimum Gasteiger partial charge on any atom is -0.490 e. The maximum absolute atomic E-state index is 12.3. The van der Waals surface area contributed by atoms with E-state index in [-0.39, 0.29) is 5.92 Å². The maximum atomic E-state index is 12.3. The number of benzene rings is 1. The van der Waals surface area contributed by atoms with Crippen LogP contribution >= 0.6 is 0 Å². The molecule has 1 amide bonds. The van der Waals surface area contributed by atoms with Gasteiger partial charge in [-0.1, -0.05) is 13.8 Å². The lowest BCUT2D eigenvalue weighted by Gasteiger charge is -2.17. The van der Waals surface area contributed by atoms with Crippen molar-refractivity contribution in [3.05, 3.63) is 23.8 Å². The molecule has 6 heteroatoms. The average Bonchev–Trinajstić information content (AvgIpc) is 2.48. The van der Waals surface area contributed by atoms with Crippen molar-refractivity contribution >= 4 is 11.9 Å². The summed E-state index contributed by atoms with van der Waals surface area (Å²) >= 11 is 0. The first-order valence-electron chi connectivity index (χ1n) is 7.82. The fourth-order valence-corrected chi connectivity index (χ4v) is 2.13. The molecule has 0 saturated carbocycles. The normalized spacial score (nSPS) is 11.9. The van der Waals surface area contributed by atoms with Gasteiger partial charge < -0.3 is 19.9 Å². The molecule has 0 aliphatic carbocycles. The first-order chi connectivity index (χ1) is 10.9. The SMILES string of the molecule is CCOc1ccc(C(=O)N[C@H](CC(C)C)C(=O)O)cc1OCC. The lowest BCUT2D eigenvalue weighted by atomic mass is 10.0. The highest BCUT2D eigenvalue weighted by molar-refractivity contribution is 5.97. The molecule has 0 unspecified atom stereocenters. The van der Waals surface area contributed by atoms with Crippen LogP contribution in [0.25, 0.3) is 0 Å². The second kappa shape index (κ2) is 9.02. The molecule has 0 bridgehead atoms. The molecule has 1 rings (SSSR count). The lowest BCUT2D eigenvalue weighted by Crippen LogP contribution is -2.41. The average molecular weight is 323 g/mol. The van der Waals surface area contributed by atoms with Gasteiger partial charge in [0.1, 0.15) is 6.04 Å². The predicted molar refractivity (Wildman–Crippen MR) is 87.1 cm³/mol. The van der Waals surface area contributed by atoms with Gasteiger partial charge in [0.15, 0.2) is 11.5 Å². The number of carboxylic acid groups (broad SMARTS) is 1. The van der Waals surface area contributed by atoms with Gasteiger partial charge in [-0.05, 0) is 44.4 Å². The van der Waals surface area contributed by atoms with Crippen LogP contribution in [0.4, 0.5) is 0 Å². The molecule has 0 aromatic heterocycles. The lowest BCUT2D eigenvalue weighted by molar-refractivity contribution is -0.139.